The third-order valence-electron chi connectivity index (χ3n) is 3.19. The van der Waals surface area contributed by atoms with Crippen molar-refractivity contribution in [2.45, 2.75) is 12.5 Å². The van der Waals surface area contributed by atoms with Gasteiger partial charge >= 0.3 is 6.03 Å². The van der Waals surface area contributed by atoms with E-state index in [9.17, 15) is 14.0 Å². The summed E-state index contributed by atoms with van der Waals surface area (Å²) in [6.45, 7) is 1.21. The molecule has 21 heavy (non-hydrogen) atoms. The van der Waals surface area contributed by atoms with Gasteiger partial charge in [0.2, 0.25) is 5.91 Å². The first kappa shape index (κ1) is 15.2. The Morgan fingerprint density at radius 3 is 2.81 bits per heavy atom. The largest absolute Gasteiger partial charge is 0.383 e. The third-order valence-corrected chi connectivity index (χ3v) is 3.19. The predicted molar refractivity (Wildman–Crippen MR) is 75.6 cm³/mol. The van der Waals surface area contributed by atoms with Gasteiger partial charge in [-0.25, -0.2) is 9.18 Å². The van der Waals surface area contributed by atoms with Gasteiger partial charge in [-0.05, 0) is 24.3 Å². The van der Waals surface area contributed by atoms with Gasteiger partial charge in [-0.3, -0.25) is 4.79 Å². The summed E-state index contributed by atoms with van der Waals surface area (Å²) in [7, 11) is 1.55. The monoisotopic (exact) mass is 295 g/mol. The minimum Gasteiger partial charge on any atom is -0.383 e. The normalized spacial score (nSPS) is 17.9. The molecule has 0 saturated carbocycles. The maximum absolute atomic E-state index is 12.9. The van der Waals surface area contributed by atoms with Gasteiger partial charge in [0.15, 0.2) is 0 Å². The zero-order valence-corrected chi connectivity index (χ0v) is 11.8. The molecule has 1 heterocycles. The van der Waals surface area contributed by atoms with Gasteiger partial charge in [-0.1, -0.05) is 0 Å². The van der Waals surface area contributed by atoms with Crippen LogP contribution >= 0.6 is 0 Å². The van der Waals surface area contributed by atoms with Gasteiger partial charge in [-0.2, -0.15) is 0 Å². The second-order valence-electron chi connectivity index (χ2n) is 4.77. The highest BCUT2D eigenvalue weighted by atomic mass is 19.1. The lowest BCUT2D eigenvalue weighted by molar-refractivity contribution is -0.117. The second-order valence-corrected chi connectivity index (χ2v) is 4.77. The molecule has 0 radical (unpaired) electrons. The average Bonchev–Trinajstić information content (AvgIpc) is 2.80. The van der Waals surface area contributed by atoms with Gasteiger partial charge < -0.3 is 20.3 Å². The van der Waals surface area contributed by atoms with Crippen LogP contribution in [-0.4, -0.2) is 44.8 Å². The quantitative estimate of drug-likeness (QED) is 0.792. The number of urea groups is 1. The highest BCUT2D eigenvalue weighted by molar-refractivity contribution is 5.96. The maximum Gasteiger partial charge on any atom is 0.315 e. The Morgan fingerprint density at radius 1 is 1.43 bits per heavy atom. The summed E-state index contributed by atoms with van der Waals surface area (Å²) in [5.74, 6) is -0.443. The number of hydrogen-bond acceptors (Lipinski definition) is 3. The van der Waals surface area contributed by atoms with Crippen LogP contribution in [0.5, 0.6) is 0 Å². The molecule has 7 heteroatoms. The Labute approximate surface area is 122 Å². The van der Waals surface area contributed by atoms with Gasteiger partial charge in [0.25, 0.3) is 0 Å². The van der Waals surface area contributed by atoms with Crippen molar-refractivity contribution in [3.63, 3.8) is 0 Å². The Balaban J connectivity index is 1.87. The number of anilines is 1. The lowest BCUT2D eigenvalue weighted by atomic mass is 10.2. The standard InChI is InChI=1S/C14H18FN3O3/c1-21-7-6-16-14(20)17-11-8-13(19)18(9-11)12-4-2-10(15)3-5-12/h2-5,11H,6-9H2,1H3,(H2,16,17,20)/t11-/m1/s1. The molecular weight excluding hydrogens is 277 g/mol. The van der Waals surface area contributed by atoms with E-state index in [2.05, 4.69) is 10.6 Å². The van der Waals surface area contributed by atoms with E-state index in [4.69, 9.17) is 4.74 Å². The number of carbonyl (C=O) groups is 2. The van der Waals surface area contributed by atoms with E-state index in [1.54, 1.807) is 24.1 Å². The summed E-state index contributed by atoms with van der Waals surface area (Å²) in [5.41, 5.74) is 0.630. The minimum absolute atomic E-state index is 0.0937. The highest BCUT2D eigenvalue weighted by Gasteiger charge is 2.31. The van der Waals surface area contributed by atoms with Crippen LogP contribution in [0.2, 0.25) is 0 Å². The first-order valence-corrected chi connectivity index (χ1v) is 6.69. The molecule has 1 atom stereocenters. The Morgan fingerprint density at radius 2 is 2.14 bits per heavy atom. The lowest BCUT2D eigenvalue weighted by Gasteiger charge is -2.17. The molecule has 0 aromatic heterocycles. The molecule has 0 unspecified atom stereocenters. The van der Waals surface area contributed by atoms with Crippen molar-refractivity contribution in [3.05, 3.63) is 30.1 Å². The van der Waals surface area contributed by atoms with E-state index in [0.717, 1.165) is 0 Å². The molecule has 2 rings (SSSR count). The molecule has 0 spiro atoms. The first-order valence-electron chi connectivity index (χ1n) is 6.69. The summed E-state index contributed by atoms with van der Waals surface area (Å²) >= 11 is 0. The number of rotatable bonds is 5. The van der Waals surface area contributed by atoms with Gasteiger partial charge in [0, 0.05) is 32.3 Å². The average molecular weight is 295 g/mol. The molecule has 0 aliphatic carbocycles. The van der Waals surface area contributed by atoms with Crippen LogP contribution in [0, 0.1) is 5.82 Å². The Kier molecular flexibility index (Phi) is 5.10. The van der Waals surface area contributed by atoms with Crippen molar-refractivity contribution in [2.24, 2.45) is 0 Å². The van der Waals surface area contributed by atoms with Crippen molar-refractivity contribution in [1.29, 1.82) is 0 Å². The van der Waals surface area contributed by atoms with Gasteiger partial charge in [0.05, 0.1) is 12.6 Å². The molecule has 1 aromatic carbocycles. The molecule has 1 saturated heterocycles. The molecule has 2 N–H and O–H groups in total. The van der Waals surface area contributed by atoms with Crippen molar-refractivity contribution in [1.82, 2.24) is 10.6 Å². The van der Waals surface area contributed by atoms with E-state index < -0.39 is 0 Å². The Bertz CT molecular complexity index is 507. The van der Waals surface area contributed by atoms with E-state index in [-0.39, 0.29) is 30.2 Å². The van der Waals surface area contributed by atoms with Crippen molar-refractivity contribution in [2.75, 3.05) is 31.7 Å². The molecular formula is C14H18FN3O3. The number of carbonyl (C=O) groups excluding carboxylic acids is 2. The number of hydrogen-bond donors (Lipinski definition) is 2. The van der Waals surface area contributed by atoms with Crippen molar-refractivity contribution >= 4 is 17.6 Å². The second kappa shape index (κ2) is 7.03. The third kappa shape index (κ3) is 4.16. The zero-order chi connectivity index (χ0) is 15.2. The van der Waals surface area contributed by atoms with E-state index in [0.29, 0.717) is 25.4 Å². The van der Waals surface area contributed by atoms with Crippen molar-refractivity contribution in [3.8, 4) is 0 Å². The molecule has 3 amide bonds. The zero-order valence-electron chi connectivity index (χ0n) is 11.8. The summed E-state index contributed by atoms with van der Waals surface area (Å²) in [5, 5.41) is 5.37. The van der Waals surface area contributed by atoms with E-state index in [1.807, 2.05) is 0 Å². The van der Waals surface area contributed by atoms with Crippen LogP contribution in [0.4, 0.5) is 14.9 Å². The van der Waals surface area contributed by atoms with Gasteiger partial charge in [-0.15, -0.1) is 0 Å². The highest BCUT2D eigenvalue weighted by Crippen LogP contribution is 2.21. The number of nitrogens with one attached hydrogen (secondary N) is 2. The summed E-state index contributed by atoms with van der Waals surface area (Å²) in [6.07, 6.45) is 0.231. The van der Waals surface area contributed by atoms with Crippen LogP contribution in [0.3, 0.4) is 0 Å². The first-order chi connectivity index (χ1) is 10.1. The minimum atomic E-state index is -0.349. The smallest absolute Gasteiger partial charge is 0.315 e. The number of amides is 3. The van der Waals surface area contributed by atoms with Crippen LogP contribution in [0.1, 0.15) is 6.42 Å². The van der Waals surface area contributed by atoms with Gasteiger partial charge in [0.1, 0.15) is 5.82 Å². The number of benzene rings is 1. The summed E-state index contributed by atoms with van der Waals surface area (Å²) in [4.78, 5) is 25.1. The van der Waals surface area contributed by atoms with Crippen LogP contribution in [-0.2, 0) is 9.53 Å². The lowest BCUT2D eigenvalue weighted by Crippen LogP contribution is -2.44. The van der Waals surface area contributed by atoms with E-state index in [1.165, 1.54) is 12.1 Å². The fourth-order valence-corrected chi connectivity index (χ4v) is 2.18. The van der Waals surface area contributed by atoms with E-state index >= 15 is 0 Å². The number of halogens is 1. The van der Waals surface area contributed by atoms with Crippen molar-refractivity contribution < 1.29 is 18.7 Å². The molecule has 114 valence electrons. The molecule has 1 aliphatic rings. The van der Waals surface area contributed by atoms with Crippen LogP contribution in [0.25, 0.3) is 0 Å². The summed E-state index contributed by atoms with van der Waals surface area (Å²) < 4.78 is 17.7. The number of methoxy groups -OCH3 is 1. The SMILES string of the molecule is COCCNC(=O)N[C@@H]1CC(=O)N(c2ccc(F)cc2)C1. The topological polar surface area (TPSA) is 70.7 Å². The number of ether oxygens (including phenoxy) is 1. The summed E-state index contributed by atoms with van der Waals surface area (Å²) in [6, 6.07) is 5.13. The predicted octanol–water partition coefficient (Wildman–Crippen LogP) is 0.877. The van der Waals surface area contributed by atoms with Crippen LogP contribution in [0.15, 0.2) is 24.3 Å². The fourth-order valence-electron chi connectivity index (χ4n) is 2.18. The number of nitrogens with zero attached hydrogens (tertiary/aromatic N) is 1. The molecule has 1 aromatic rings. The molecule has 6 nitrogen and oxygen atoms in total. The fraction of sp³-hybridized carbons (Fsp3) is 0.429. The van der Waals surface area contributed by atoms with Crippen LogP contribution < -0.4 is 15.5 Å². The Hall–Kier alpha value is -2.15. The maximum atomic E-state index is 12.9. The molecule has 1 aliphatic heterocycles. The molecule has 0 bridgehead atoms. The molecule has 1 fully saturated rings.